The first kappa shape index (κ1) is 44.5. The number of alkyl halides is 1. The molecule has 0 spiro atoms. The van der Waals surface area contributed by atoms with Crippen molar-refractivity contribution in [1.29, 1.82) is 0 Å². The highest BCUT2D eigenvalue weighted by Gasteiger charge is 2.56. The number of imidazole rings is 2. The third-order valence-corrected chi connectivity index (χ3v) is 12.1. The Hall–Kier alpha value is -4.53. The van der Waals surface area contributed by atoms with E-state index in [2.05, 4.69) is 29.9 Å². The Kier molecular flexibility index (Phi) is 12.1. The number of aliphatic hydroxyl groups excluding tert-OH is 1. The highest BCUT2D eigenvalue weighted by molar-refractivity contribution is 7.48. The van der Waals surface area contributed by atoms with Crippen molar-refractivity contribution in [3.63, 3.8) is 0 Å². The van der Waals surface area contributed by atoms with E-state index in [4.69, 9.17) is 57.6 Å². The van der Waals surface area contributed by atoms with Crippen molar-refractivity contribution >= 4 is 61.7 Å². The number of ether oxygens (including phenoxy) is 4. The van der Waals surface area contributed by atoms with Crippen LogP contribution in [0.2, 0.25) is 0 Å². The number of nitrogens with two attached hydrogens (primary N) is 2. The van der Waals surface area contributed by atoms with Gasteiger partial charge in [0, 0.05) is 0 Å². The van der Waals surface area contributed by atoms with Gasteiger partial charge in [-0.15, -0.1) is 0 Å². The number of phosphoric acid groups is 2. The van der Waals surface area contributed by atoms with E-state index >= 15 is 4.39 Å². The number of carbonyl (C=O) groups is 2. The first-order valence-corrected chi connectivity index (χ1v) is 21.3. The predicted molar refractivity (Wildman–Crippen MR) is 201 cm³/mol. The summed E-state index contributed by atoms with van der Waals surface area (Å²) in [6, 6.07) is 0. The summed E-state index contributed by atoms with van der Waals surface area (Å²) < 4.78 is 104. The normalized spacial score (nSPS) is 31.3. The lowest BCUT2D eigenvalue weighted by atomic mass is 9.98. The molecule has 334 valence electrons. The number of hydrogen-bond acceptors (Lipinski definition) is 23. The number of esters is 2. The van der Waals surface area contributed by atoms with E-state index in [1.807, 2.05) is 0 Å². The first-order chi connectivity index (χ1) is 28.6. The molecule has 29 heteroatoms. The lowest BCUT2D eigenvalue weighted by Gasteiger charge is -2.28. The average Bonchev–Trinajstić information content (AvgIpc) is 3.94. The van der Waals surface area contributed by atoms with Gasteiger partial charge in [0.15, 0.2) is 41.3 Å². The number of H-pyrrole nitrogens is 1. The van der Waals surface area contributed by atoms with Gasteiger partial charge in [0.25, 0.3) is 5.56 Å². The fourth-order valence-corrected chi connectivity index (χ4v) is 8.59. The SMILES string of the molecule is CC(C)(C)C(=O)OCOP1(=O)OC[C@H]2O[C@@H](n3cnc4c(N)ncnc43)C(F)C2OP(=O)(OCOC(=O)C(C)(C)C)OC[C@H]2O[C@@H](n3cnc4c(=O)[nH]c(N)nc43)C(O1)C2O. The Morgan fingerprint density at radius 2 is 1.38 bits per heavy atom. The Morgan fingerprint density at radius 1 is 0.836 bits per heavy atom. The number of phosphoric ester groups is 2. The molecule has 26 nitrogen and oxygen atoms in total. The predicted octanol–water partition coefficient (Wildman–Crippen LogP) is 1.78. The summed E-state index contributed by atoms with van der Waals surface area (Å²) in [5.41, 5.74) is 8.65. The molecule has 10 atom stereocenters. The van der Waals surface area contributed by atoms with Crippen LogP contribution in [0.1, 0.15) is 54.0 Å². The monoisotopic (exact) mass is 904 g/mol. The second kappa shape index (κ2) is 16.6. The number of aromatic nitrogens is 8. The van der Waals surface area contributed by atoms with Crippen LogP contribution >= 0.6 is 15.6 Å². The average molecular weight is 905 g/mol. The topological polar surface area (TPSA) is 340 Å². The number of nitrogens with one attached hydrogen (secondary N) is 1. The maximum atomic E-state index is 16.8. The number of anilines is 2. The summed E-state index contributed by atoms with van der Waals surface area (Å²) in [5, 5.41) is 11.7. The van der Waals surface area contributed by atoms with Gasteiger partial charge in [-0.25, -0.2) is 42.5 Å². The largest absolute Gasteiger partial charge is 0.478 e. The molecular weight excluding hydrogens is 861 g/mol. The van der Waals surface area contributed by atoms with E-state index in [1.165, 1.54) is 0 Å². The van der Waals surface area contributed by atoms with E-state index in [0.29, 0.717) is 0 Å². The van der Waals surface area contributed by atoms with Crippen molar-refractivity contribution in [2.45, 2.75) is 90.7 Å². The first-order valence-electron chi connectivity index (χ1n) is 18.4. The summed E-state index contributed by atoms with van der Waals surface area (Å²) in [4.78, 5) is 60.4. The standard InChI is InChI=1S/C32H43FN10O16P2/c1-31(2,3)28(46)50-12-54-60(48)52-7-14-19(44)21(27(56-14)43-11-39-18-24(43)40-30(35)41-25(18)45)59-61(49,55-13-51-29(47)32(4,5)6)53-8-15-20(58-60)16(33)26(57-15)42-10-38-17-22(34)36-9-37-23(17)42/h9-11,14-16,19-21,26-27,44H,7-8,12-13H2,1-6H3,(H2,34,36,37)(H3,35,40,41,45)/t14-,15-,16?,19?,20?,21?,26-,27-,60?,61?/m1/s1. The minimum Gasteiger partial charge on any atom is -0.437 e. The molecule has 3 aliphatic heterocycles. The maximum Gasteiger partial charge on any atom is 0.478 e. The zero-order valence-corrected chi connectivity index (χ0v) is 35.1. The van der Waals surface area contributed by atoms with Crippen LogP contribution in [0.5, 0.6) is 0 Å². The van der Waals surface area contributed by atoms with Crippen molar-refractivity contribution in [1.82, 2.24) is 39.0 Å². The van der Waals surface area contributed by atoms with Gasteiger partial charge >= 0.3 is 27.6 Å². The van der Waals surface area contributed by atoms with Crippen LogP contribution in [0.25, 0.3) is 22.3 Å². The highest BCUT2D eigenvalue weighted by Crippen LogP contribution is 2.58. The van der Waals surface area contributed by atoms with Crippen LogP contribution in [0.4, 0.5) is 16.2 Å². The number of nitrogen functional groups attached to an aromatic ring is 2. The molecule has 3 aliphatic rings. The fourth-order valence-electron chi connectivity index (χ4n) is 6.10. The molecule has 0 radical (unpaired) electrons. The number of carbonyl (C=O) groups excluding carboxylic acids is 2. The third kappa shape index (κ3) is 9.18. The molecule has 0 saturated carbocycles. The molecule has 4 aromatic rings. The smallest absolute Gasteiger partial charge is 0.437 e. The number of nitrogens with zero attached hydrogens (tertiary/aromatic N) is 7. The molecule has 6 N–H and O–H groups in total. The Bertz CT molecular complexity index is 2460. The van der Waals surface area contributed by atoms with Gasteiger partial charge in [0.2, 0.25) is 19.5 Å². The van der Waals surface area contributed by atoms with Crippen molar-refractivity contribution in [3.05, 3.63) is 29.3 Å². The Labute approximate surface area is 343 Å². The molecule has 61 heavy (non-hydrogen) atoms. The second-order valence-corrected chi connectivity index (χ2v) is 19.2. The van der Waals surface area contributed by atoms with Crippen LogP contribution in [0.3, 0.4) is 0 Å². The minimum atomic E-state index is -5.14. The summed E-state index contributed by atoms with van der Waals surface area (Å²) in [6.45, 7) is 5.40. The van der Waals surface area contributed by atoms with E-state index < -0.39 is 120 Å². The number of aromatic amines is 1. The van der Waals surface area contributed by atoms with Crippen molar-refractivity contribution < 1.29 is 74.3 Å². The summed E-state index contributed by atoms with van der Waals surface area (Å²) in [6.07, 6.45) is -11.2. The third-order valence-electron chi connectivity index (χ3n) is 9.29. The van der Waals surface area contributed by atoms with E-state index in [-0.39, 0.29) is 34.1 Å². The van der Waals surface area contributed by atoms with Crippen LogP contribution in [-0.4, -0.2) is 120 Å². The van der Waals surface area contributed by atoms with Gasteiger partial charge in [-0.2, -0.15) is 4.98 Å². The zero-order valence-electron chi connectivity index (χ0n) is 33.3. The number of hydrogen-bond donors (Lipinski definition) is 4. The van der Waals surface area contributed by atoms with Crippen LogP contribution in [0.15, 0.2) is 23.8 Å². The number of halogens is 1. The quantitative estimate of drug-likeness (QED) is 0.111. The molecule has 0 aromatic carbocycles. The van der Waals surface area contributed by atoms with Gasteiger partial charge in [0.1, 0.15) is 42.4 Å². The van der Waals surface area contributed by atoms with E-state index in [9.17, 15) is 28.6 Å². The molecule has 7 rings (SSSR count). The van der Waals surface area contributed by atoms with E-state index in [1.54, 1.807) is 41.5 Å². The van der Waals surface area contributed by atoms with Crippen LogP contribution in [-0.2, 0) is 64.8 Å². The molecule has 3 fully saturated rings. The van der Waals surface area contributed by atoms with Gasteiger partial charge in [-0.05, 0) is 41.5 Å². The molecule has 3 saturated heterocycles. The van der Waals surface area contributed by atoms with Crippen molar-refractivity contribution in [2.75, 3.05) is 38.3 Å². The molecule has 7 heterocycles. The van der Waals surface area contributed by atoms with Gasteiger partial charge in [-0.1, -0.05) is 0 Å². The van der Waals surface area contributed by atoms with Gasteiger partial charge < -0.3 is 35.5 Å². The summed E-state index contributed by atoms with van der Waals surface area (Å²) in [7, 11) is -10.3. The van der Waals surface area contributed by atoms with Gasteiger partial charge in [0.05, 0.1) is 36.7 Å². The van der Waals surface area contributed by atoms with Crippen LogP contribution < -0.4 is 17.0 Å². The van der Waals surface area contributed by atoms with Crippen molar-refractivity contribution in [3.8, 4) is 0 Å². The summed E-state index contributed by atoms with van der Waals surface area (Å²) in [5.74, 6) is -1.92. The van der Waals surface area contributed by atoms with Crippen LogP contribution in [0, 0.1) is 10.8 Å². The number of aliphatic hydroxyl groups is 1. The fraction of sp³-hybridized carbons (Fsp3) is 0.625. The van der Waals surface area contributed by atoms with Crippen molar-refractivity contribution in [2.24, 2.45) is 10.8 Å². The highest BCUT2D eigenvalue weighted by atomic mass is 31.2. The molecule has 4 aromatic heterocycles. The molecule has 6 unspecified atom stereocenters. The molecule has 0 amide bonds. The zero-order chi connectivity index (χ0) is 44.2. The number of rotatable bonds is 8. The minimum absolute atomic E-state index is 0.0247. The lowest BCUT2D eigenvalue weighted by molar-refractivity contribution is -0.162. The molecule has 0 aliphatic carbocycles. The number of fused-ring (bicyclic) bond motifs is 5. The Morgan fingerprint density at radius 3 is 1.98 bits per heavy atom. The second-order valence-electron chi connectivity index (χ2n) is 15.9. The summed E-state index contributed by atoms with van der Waals surface area (Å²) >= 11 is 0. The van der Waals surface area contributed by atoms with Gasteiger partial charge in [-0.3, -0.25) is 46.6 Å². The molecule has 2 bridgehead atoms. The Balaban J connectivity index is 1.27. The lowest BCUT2D eigenvalue weighted by Crippen LogP contribution is -2.36. The molecular formula is C32H43FN10O16P2. The maximum absolute atomic E-state index is 16.8. The van der Waals surface area contributed by atoms with E-state index in [0.717, 1.165) is 28.1 Å².